The molecule has 0 aliphatic heterocycles. The average Bonchev–Trinajstić information content (AvgIpc) is 2.56. The van der Waals surface area contributed by atoms with E-state index in [9.17, 15) is 4.79 Å². The van der Waals surface area contributed by atoms with Crippen molar-refractivity contribution in [3.8, 4) is 5.75 Å². The molecule has 3 rings (SSSR count). The molecule has 0 spiro atoms. The lowest BCUT2D eigenvalue weighted by molar-refractivity contribution is 0.100. The number of carbonyl (C=O) groups is 1. The molecule has 0 aromatic heterocycles. The zero-order valence-corrected chi connectivity index (χ0v) is 13.9. The van der Waals surface area contributed by atoms with E-state index in [2.05, 4.69) is 0 Å². The Morgan fingerprint density at radius 1 is 1.04 bits per heavy atom. The van der Waals surface area contributed by atoms with Crippen molar-refractivity contribution in [3.63, 3.8) is 0 Å². The van der Waals surface area contributed by atoms with Crippen LogP contribution in [0.2, 0.25) is 10.0 Å². The Balaban J connectivity index is 2.25. The summed E-state index contributed by atoms with van der Waals surface area (Å²) in [4.78, 5) is 11.9. The molecule has 3 aromatic rings. The highest BCUT2D eigenvalue weighted by Gasteiger charge is 2.17. The summed E-state index contributed by atoms with van der Waals surface area (Å²) in [6.07, 6.45) is -0.0293. The minimum absolute atomic E-state index is 0.302. The van der Waals surface area contributed by atoms with Gasteiger partial charge in [-0.15, -0.1) is 0 Å². The summed E-state index contributed by atoms with van der Waals surface area (Å²) in [6, 6.07) is 12.9. The lowest BCUT2D eigenvalue weighted by atomic mass is 10.0. The van der Waals surface area contributed by atoms with Crippen molar-refractivity contribution in [2.75, 3.05) is 6.61 Å². The Kier molecular flexibility index (Phi) is 4.60. The lowest BCUT2D eigenvalue weighted by Crippen LogP contribution is -2.11. The third-order valence-corrected chi connectivity index (χ3v) is 4.13. The SMILES string of the molecule is CCCOC(=O)Oc1c2ccccc2cc2c(Cl)ccc(Cl)c12. The summed E-state index contributed by atoms with van der Waals surface area (Å²) in [6.45, 7) is 2.22. The molecule has 0 radical (unpaired) electrons. The third kappa shape index (κ3) is 3.07. The number of fused-ring (bicyclic) bond motifs is 2. The van der Waals surface area contributed by atoms with Crippen molar-refractivity contribution in [2.45, 2.75) is 13.3 Å². The number of carbonyl (C=O) groups excluding carboxylic acids is 1. The van der Waals surface area contributed by atoms with Crippen LogP contribution in [-0.4, -0.2) is 12.8 Å². The maximum Gasteiger partial charge on any atom is 0.513 e. The van der Waals surface area contributed by atoms with Gasteiger partial charge in [0, 0.05) is 21.2 Å². The lowest BCUT2D eigenvalue weighted by Gasteiger charge is -2.13. The van der Waals surface area contributed by atoms with Crippen LogP contribution in [0.3, 0.4) is 0 Å². The number of hydrogen-bond donors (Lipinski definition) is 0. The predicted octanol–water partition coefficient (Wildman–Crippen LogP) is 6.23. The van der Waals surface area contributed by atoms with E-state index in [0.717, 1.165) is 22.6 Å². The zero-order valence-electron chi connectivity index (χ0n) is 12.4. The van der Waals surface area contributed by atoms with Crippen LogP contribution < -0.4 is 4.74 Å². The number of benzene rings is 3. The molecule has 0 aliphatic carbocycles. The molecule has 0 aliphatic rings. The highest BCUT2D eigenvalue weighted by Crippen LogP contribution is 2.41. The van der Waals surface area contributed by atoms with Gasteiger partial charge in [0.15, 0.2) is 5.75 Å². The van der Waals surface area contributed by atoms with Crippen molar-refractivity contribution in [1.82, 2.24) is 0 Å². The summed E-state index contributed by atoms with van der Waals surface area (Å²) < 4.78 is 10.5. The van der Waals surface area contributed by atoms with E-state index >= 15 is 0 Å². The minimum atomic E-state index is -0.749. The second-order valence-corrected chi connectivity index (χ2v) is 5.89. The molecule has 0 heterocycles. The van der Waals surface area contributed by atoms with E-state index in [1.807, 2.05) is 37.3 Å². The van der Waals surface area contributed by atoms with Gasteiger partial charge in [0.05, 0.1) is 11.6 Å². The van der Waals surface area contributed by atoms with E-state index < -0.39 is 6.16 Å². The molecule has 0 bridgehead atoms. The van der Waals surface area contributed by atoms with E-state index in [1.54, 1.807) is 12.1 Å². The molecule has 0 amide bonds. The molecule has 0 atom stereocenters. The molecular formula is C18H14Cl2O3. The Labute approximate surface area is 143 Å². The number of halogens is 2. The van der Waals surface area contributed by atoms with Gasteiger partial charge in [0.1, 0.15) is 0 Å². The monoisotopic (exact) mass is 348 g/mol. The second kappa shape index (κ2) is 6.65. The van der Waals surface area contributed by atoms with Gasteiger partial charge in [0.25, 0.3) is 0 Å². The highest BCUT2D eigenvalue weighted by atomic mass is 35.5. The summed E-state index contributed by atoms with van der Waals surface area (Å²) >= 11 is 12.6. The fourth-order valence-electron chi connectivity index (χ4n) is 2.46. The van der Waals surface area contributed by atoms with Crippen LogP contribution in [0, 0.1) is 0 Å². The first-order valence-corrected chi connectivity index (χ1v) is 8.01. The van der Waals surface area contributed by atoms with E-state index in [0.29, 0.717) is 27.8 Å². The Hall–Kier alpha value is -1.97. The number of ether oxygens (including phenoxy) is 2. The molecule has 3 nitrogen and oxygen atoms in total. The molecule has 23 heavy (non-hydrogen) atoms. The topological polar surface area (TPSA) is 35.5 Å². The van der Waals surface area contributed by atoms with Crippen LogP contribution in [0.5, 0.6) is 5.75 Å². The normalized spacial score (nSPS) is 10.9. The summed E-state index contributed by atoms with van der Waals surface area (Å²) in [5.74, 6) is 0.367. The predicted molar refractivity (Wildman–Crippen MR) is 93.7 cm³/mol. The molecule has 0 unspecified atom stereocenters. The first-order valence-electron chi connectivity index (χ1n) is 7.26. The van der Waals surface area contributed by atoms with Gasteiger partial charge in [0.2, 0.25) is 0 Å². The fraction of sp³-hybridized carbons (Fsp3) is 0.167. The first-order chi connectivity index (χ1) is 11.1. The number of hydrogen-bond acceptors (Lipinski definition) is 3. The van der Waals surface area contributed by atoms with Crippen molar-refractivity contribution in [2.24, 2.45) is 0 Å². The van der Waals surface area contributed by atoms with Crippen molar-refractivity contribution in [1.29, 1.82) is 0 Å². The van der Waals surface area contributed by atoms with Crippen LogP contribution in [-0.2, 0) is 4.74 Å². The zero-order chi connectivity index (χ0) is 16.4. The van der Waals surface area contributed by atoms with Crippen molar-refractivity contribution >= 4 is 50.9 Å². The minimum Gasteiger partial charge on any atom is -0.434 e. The first kappa shape index (κ1) is 15.9. The Morgan fingerprint density at radius 3 is 2.57 bits per heavy atom. The molecule has 5 heteroatoms. The second-order valence-electron chi connectivity index (χ2n) is 5.08. The Bertz CT molecular complexity index is 890. The van der Waals surface area contributed by atoms with Crippen molar-refractivity contribution < 1.29 is 14.3 Å². The summed E-state index contributed by atoms with van der Waals surface area (Å²) in [5, 5.41) is 4.03. The molecule has 0 fully saturated rings. The standard InChI is InChI=1S/C18H14Cl2O3/c1-2-9-22-18(21)23-17-12-6-4-3-5-11(12)10-13-14(19)7-8-15(20)16(13)17/h3-8,10H,2,9H2,1H3. The number of rotatable bonds is 3. The Morgan fingerprint density at radius 2 is 1.78 bits per heavy atom. The van der Waals surface area contributed by atoms with E-state index in [1.165, 1.54) is 0 Å². The van der Waals surface area contributed by atoms with Crippen LogP contribution in [0.4, 0.5) is 4.79 Å². The van der Waals surface area contributed by atoms with Gasteiger partial charge >= 0.3 is 6.16 Å². The van der Waals surface area contributed by atoms with Gasteiger partial charge in [-0.3, -0.25) is 0 Å². The van der Waals surface area contributed by atoms with Crippen LogP contribution >= 0.6 is 23.2 Å². The quantitative estimate of drug-likeness (QED) is 0.320. The van der Waals surface area contributed by atoms with Gasteiger partial charge in [-0.2, -0.15) is 0 Å². The van der Waals surface area contributed by atoms with Gasteiger partial charge in [-0.25, -0.2) is 4.79 Å². The van der Waals surface area contributed by atoms with Crippen LogP contribution in [0.15, 0.2) is 42.5 Å². The van der Waals surface area contributed by atoms with E-state index in [-0.39, 0.29) is 0 Å². The maximum absolute atomic E-state index is 11.9. The maximum atomic E-state index is 11.9. The summed E-state index contributed by atoms with van der Waals surface area (Å²) in [7, 11) is 0. The molecule has 118 valence electrons. The molecule has 3 aromatic carbocycles. The average molecular weight is 349 g/mol. The van der Waals surface area contributed by atoms with Gasteiger partial charge in [-0.1, -0.05) is 54.4 Å². The highest BCUT2D eigenvalue weighted by molar-refractivity contribution is 6.41. The van der Waals surface area contributed by atoms with Crippen LogP contribution in [0.25, 0.3) is 21.5 Å². The smallest absolute Gasteiger partial charge is 0.434 e. The van der Waals surface area contributed by atoms with Crippen molar-refractivity contribution in [3.05, 3.63) is 52.5 Å². The third-order valence-electron chi connectivity index (χ3n) is 3.48. The molecule has 0 saturated carbocycles. The van der Waals surface area contributed by atoms with Gasteiger partial charge in [-0.05, 0) is 30.0 Å². The van der Waals surface area contributed by atoms with Crippen LogP contribution in [0.1, 0.15) is 13.3 Å². The molecule has 0 N–H and O–H groups in total. The van der Waals surface area contributed by atoms with Gasteiger partial charge < -0.3 is 9.47 Å². The fourth-order valence-corrected chi connectivity index (χ4v) is 2.93. The molecule has 0 saturated heterocycles. The van der Waals surface area contributed by atoms with E-state index in [4.69, 9.17) is 32.7 Å². The largest absolute Gasteiger partial charge is 0.513 e. The molecular weight excluding hydrogens is 335 g/mol. The summed E-state index contributed by atoms with van der Waals surface area (Å²) in [5.41, 5.74) is 0.